The highest BCUT2D eigenvalue weighted by Crippen LogP contribution is 2.24. The van der Waals surface area contributed by atoms with E-state index in [0.717, 1.165) is 31.1 Å². The zero-order valence-electron chi connectivity index (χ0n) is 12.6. The molecule has 0 bridgehead atoms. The zero-order chi connectivity index (χ0) is 13.9. The Morgan fingerprint density at radius 3 is 2.75 bits per heavy atom. The molecular weight excluding hydrogens is 252 g/mol. The first-order valence-corrected chi connectivity index (χ1v) is 8.02. The monoisotopic (exact) mass is 278 g/mol. The number of piperidine rings is 1. The van der Waals surface area contributed by atoms with Crippen LogP contribution in [-0.2, 0) is 6.42 Å². The SMILES string of the molecule is CC(C)N1CCC(Cc2nc(C3CCCN3)no2)CC1. The van der Waals surface area contributed by atoms with Gasteiger partial charge in [-0.3, -0.25) is 0 Å². The molecule has 1 atom stereocenters. The Morgan fingerprint density at radius 1 is 1.30 bits per heavy atom. The van der Waals surface area contributed by atoms with Crippen molar-refractivity contribution in [1.82, 2.24) is 20.4 Å². The summed E-state index contributed by atoms with van der Waals surface area (Å²) in [5.41, 5.74) is 0. The van der Waals surface area contributed by atoms with Crippen molar-refractivity contribution in [2.45, 2.75) is 58.0 Å². The second-order valence-corrected chi connectivity index (χ2v) is 6.47. The van der Waals surface area contributed by atoms with Gasteiger partial charge in [-0.05, 0) is 65.1 Å². The Morgan fingerprint density at radius 2 is 2.10 bits per heavy atom. The molecule has 1 aromatic rings. The smallest absolute Gasteiger partial charge is 0.226 e. The quantitative estimate of drug-likeness (QED) is 0.914. The van der Waals surface area contributed by atoms with E-state index in [4.69, 9.17) is 4.52 Å². The molecule has 0 amide bonds. The average molecular weight is 278 g/mol. The van der Waals surface area contributed by atoms with Gasteiger partial charge in [0.2, 0.25) is 5.89 Å². The molecule has 1 unspecified atom stereocenters. The van der Waals surface area contributed by atoms with Crippen LogP contribution in [0.5, 0.6) is 0 Å². The van der Waals surface area contributed by atoms with Crippen molar-refractivity contribution in [1.29, 1.82) is 0 Å². The largest absolute Gasteiger partial charge is 0.339 e. The van der Waals surface area contributed by atoms with Gasteiger partial charge in [-0.2, -0.15) is 4.98 Å². The maximum absolute atomic E-state index is 5.44. The maximum atomic E-state index is 5.44. The molecule has 0 aliphatic carbocycles. The Bertz CT molecular complexity index is 417. The van der Waals surface area contributed by atoms with Gasteiger partial charge in [-0.1, -0.05) is 5.16 Å². The lowest BCUT2D eigenvalue weighted by molar-refractivity contribution is 0.145. The molecule has 5 heteroatoms. The van der Waals surface area contributed by atoms with E-state index in [1.54, 1.807) is 0 Å². The van der Waals surface area contributed by atoms with Crippen molar-refractivity contribution >= 4 is 0 Å². The summed E-state index contributed by atoms with van der Waals surface area (Å²) in [6, 6.07) is 0.981. The lowest BCUT2D eigenvalue weighted by Gasteiger charge is -2.34. The molecule has 5 nitrogen and oxygen atoms in total. The Balaban J connectivity index is 1.51. The third kappa shape index (κ3) is 3.20. The number of rotatable bonds is 4. The second-order valence-electron chi connectivity index (χ2n) is 6.47. The summed E-state index contributed by atoms with van der Waals surface area (Å²) < 4.78 is 5.44. The van der Waals surface area contributed by atoms with Crippen molar-refractivity contribution in [3.05, 3.63) is 11.7 Å². The van der Waals surface area contributed by atoms with Crippen LogP contribution in [0.2, 0.25) is 0 Å². The van der Waals surface area contributed by atoms with Gasteiger partial charge in [-0.25, -0.2) is 0 Å². The van der Waals surface area contributed by atoms with E-state index in [0.29, 0.717) is 18.0 Å². The van der Waals surface area contributed by atoms with Crippen LogP contribution in [0.15, 0.2) is 4.52 Å². The zero-order valence-corrected chi connectivity index (χ0v) is 12.6. The predicted octanol–water partition coefficient (Wildman–Crippen LogP) is 2.16. The first-order chi connectivity index (χ1) is 9.72. The van der Waals surface area contributed by atoms with Crippen LogP contribution in [0.1, 0.15) is 57.3 Å². The van der Waals surface area contributed by atoms with E-state index < -0.39 is 0 Å². The molecule has 0 spiro atoms. The van der Waals surface area contributed by atoms with Crippen molar-refractivity contribution in [3.63, 3.8) is 0 Å². The molecule has 2 aliphatic heterocycles. The lowest BCUT2D eigenvalue weighted by Crippen LogP contribution is -2.38. The summed E-state index contributed by atoms with van der Waals surface area (Å²) in [6.45, 7) is 8.03. The van der Waals surface area contributed by atoms with E-state index >= 15 is 0 Å². The summed E-state index contributed by atoms with van der Waals surface area (Å²) in [6.07, 6.45) is 5.79. The average Bonchev–Trinajstić information content (AvgIpc) is 3.09. The minimum Gasteiger partial charge on any atom is -0.339 e. The van der Waals surface area contributed by atoms with E-state index in [1.807, 2.05) is 0 Å². The van der Waals surface area contributed by atoms with Gasteiger partial charge in [0.1, 0.15) is 0 Å². The number of likely N-dealkylation sites (tertiary alicyclic amines) is 1. The molecule has 0 aromatic carbocycles. The van der Waals surface area contributed by atoms with Crippen LogP contribution in [0.4, 0.5) is 0 Å². The Labute approximate surface area is 121 Å². The third-order valence-electron chi connectivity index (χ3n) is 4.70. The normalized spacial score (nSPS) is 25.6. The van der Waals surface area contributed by atoms with Gasteiger partial charge in [0.15, 0.2) is 5.82 Å². The molecule has 3 rings (SSSR count). The standard InChI is InChI=1S/C15H26N4O/c1-11(2)19-8-5-12(6-9-19)10-14-17-15(18-20-14)13-4-3-7-16-13/h11-13,16H,3-10H2,1-2H3. The van der Waals surface area contributed by atoms with Gasteiger partial charge in [0, 0.05) is 12.5 Å². The highest BCUT2D eigenvalue weighted by molar-refractivity contribution is 4.97. The molecule has 1 aromatic heterocycles. The number of hydrogen-bond donors (Lipinski definition) is 1. The number of nitrogens with zero attached hydrogens (tertiary/aromatic N) is 3. The fourth-order valence-corrected chi connectivity index (χ4v) is 3.32. The minimum atomic E-state index is 0.315. The summed E-state index contributed by atoms with van der Waals surface area (Å²) in [5, 5.41) is 7.56. The Kier molecular flexibility index (Phi) is 4.36. The summed E-state index contributed by atoms with van der Waals surface area (Å²) in [4.78, 5) is 7.14. The molecule has 2 saturated heterocycles. The van der Waals surface area contributed by atoms with Crippen LogP contribution in [0.3, 0.4) is 0 Å². The van der Waals surface area contributed by atoms with Crippen LogP contribution >= 0.6 is 0 Å². The van der Waals surface area contributed by atoms with Crippen LogP contribution < -0.4 is 5.32 Å². The molecule has 20 heavy (non-hydrogen) atoms. The molecule has 112 valence electrons. The van der Waals surface area contributed by atoms with E-state index in [1.165, 1.54) is 32.4 Å². The van der Waals surface area contributed by atoms with Crippen molar-refractivity contribution in [2.75, 3.05) is 19.6 Å². The summed E-state index contributed by atoms with van der Waals surface area (Å²) in [7, 11) is 0. The van der Waals surface area contributed by atoms with Gasteiger partial charge >= 0.3 is 0 Å². The van der Waals surface area contributed by atoms with Gasteiger partial charge in [0.25, 0.3) is 0 Å². The van der Waals surface area contributed by atoms with Gasteiger partial charge in [-0.15, -0.1) is 0 Å². The Hall–Kier alpha value is -0.940. The number of aromatic nitrogens is 2. The number of nitrogens with one attached hydrogen (secondary N) is 1. The molecule has 0 saturated carbocycles. The predicted molar refractivity (Wildman–Crippen MR) is 77.4 cm³/mol. The van der Waals surface area contributed by atoms with Crippen LogP contribution in [0, 0.1) is 5.92 Å². The van der Waals surface area contributed by atoms with E-state index in [2.05, 4.69) is 34.2 Å². The fourth-order valence-electron chi connectivity index (χ4n) is 3.32. The molecule has 2 fully saturated rings. The molecular formula is C15H26N4O. The first kappa shape index (κ1) is 14.0. The second kappa shape index (κ2) is 6.22. The lowest BCUT2D eigenvalue weighted by atomic mass is 9.93. The molecule has 2 aliphatic rings. The highest BCUT2D eigenvalue weighted by atomic mass is 16.5. The summed E-state index contributed by atoms with van der Waals surface area (Å²) >= 11 is 0. The molecule has 1 N–H and O–H groups in total. The third-order valence-corrected chi connectivity index (χ3v) is 4.70. The van der Waals surface area contributed by atoms with E-state index in [9.17, 15) is 0 Å². The van der Waals surface area contributed by atoms with Crippen molar-refractivity contribution in [2.24, 2.45) is 5.92 Å². The summed E-state index contributed by atoms with van der Waals surface area (Å²) in [5.74, 6) is 2.39. The van der Waals surface area contributed by atoms with Crippen LogP contribution in [-0.4, -0.2) is 40.7 Å². The van der Waals surface area contributed by atoms with Gasteiger partial charge < -0.3 is 14.7 Å². The molecule has 0 radical (unpaired) electrons. The van der Waals surface area contributed by atoms with Crippen molar-refractivity contribution in [3.8, 4) is 0 Å². The van der Waals surface area contributed by atoms with Crippen molar-refractivity contribution < 1.29 is 4.52 Å². The minimum absolute atomic E-state index is 0.315. The van der Waals surface area contributed by atoms with Gasteiger partial charge in [0.05, 0.1) is 6.04 Å². The van der Waals surface area contributed by atoms with Crippen LogP contribution in [0.25, 0.3) is 0 Å². The molecule has 3 heterocycles. The number of hydrogen-bond acceptors (Lipinski definition) is 5. The first-order valence-electron chi connectivity index (χ1n) is 8.02. The maximum Gasteiger partial charge on any atom is 0.226 e. The fraction of sp³-hybridized carbons (Fsp3) is 0.867. The highest BCUT2D eigenvalue weighted by Gasteiger charge is 2.25. The van der Waals surface area contributed by atoms with E-state index in [-0.39, 0.29) is 0 Å². The topological polar surface area (TPSA) is 54.2 Å².